The Morgan fingerprint density at radius 2 is 1.93 bits per heavy atom. The highest BCUT2D eigenvalue weighted by Gasteiger charge is 2.22. The van der Waals surface area contributed by atoms with E-state index in [0.717, 1.165) is 31.2 Å². The molecular weight excluding hydrogens is 388 g/mol. The van der Waals surface area contributed by atoms with E-state index in [4.69, 9.17) is 14.2 Å². The minimum atomic E-state index is -1.13. The van der Waals surface area contributed by atoms with Crippen LogP contribution in [-0.4, -0.2) is 43.8 Å². The van der Waals surface area contributed by atoms with E-state index in [2.05, 4.69) is 17.2 Å². The number of methoxy groups -OCH3 is 1. The van der Waals surface area contributed by atoms with Crippen LogP contribution in [0, 0.1) is 0 Å². The monoisotopic (exact) mass is 418 g/mol. The van der Waals surface area contributed by atoms with Crippen LogP contribution in [0.4, 0.5) is 4.79 Å². The molecule has 2 rings (SSSR count). The number of carbonyl (C=O) groups is 3. The summed E-state index contributed by atoms with van der Waals surface area (Å²) in [6.45, 7) is 4.69. The second-order valence-electron chi connectivity index (χ2n) is 7.20. The Hall–Kier alpha value is -3.03. The Balaban J connectivity index is 1.77. The maximum absolute atomic E-state index is 12.1. The van der Waals surface area contributed by atoms with Crippen LogP contribution >= 0.6 is 0 Å². The number of hydrogen-bond acceptors (Lipinski definition) is 6. The molecule has 0 radical (unpaired) electrons. The molecule has 164 valence electrons. The molecule has 1 aromatic rings. The third kappa shape index (κ3) is 7.42. The molecule has 0 heterocycles. The lowest BCUT2D eigenvalue weighted by Gasteiger charge is -2.23. The fourth-order valence-electron chi connectivity index (χ4n) is 3.23. The summed E-state index contributed by atoms with van der Waals surface area (Å²) in [4.78, 5) is 36.0. The van der Waals surface area contributed by atoms with Gasteiger partial charge in [-0.05, 0) is 43.9 Å². The van der Waals surface area contributed by atoms with Crippen molar-refractivity contribution < 1.29 is 28.6 Å². The largest absolute Gasteiger partial charge is 0.493 e. The van der Waals surface area contributed by atoms with Gasteiger partial charge in [-0.1, -0.05) is 31.4 Å². The third-order valence-corrected chi connectivity index (χ3v) is 4.81. The maximum atomic E-state index is 12.1. The molecule has 1 aliphatic rings. The van der Waals surface area contributed by atoms with Crippen molar-refractivity contribution in [2.45, 2.75) is 57.6 Å². The number of hydrogen-bond donors (Lipinski definition) is 2. The molecule has 3 amide bonds. The van der Waals surface area contributed by atoms with Gasteiger partial charge in [0.05, 0.1) is 7.11 Å². The molecule has 8 nitrogen and oxygen atoms in total. The number of benzene rings is 1. The van der Waals surface area contributed by atoms with Crippen molar-refractivity contribution in [3.63, 3.8) is 0 Å². The van der Waals surface area contributed by atoms with Gasteiger partial charge in [-0.25, -0.2) is 9.59 Å². The molecule has 0 bridgehead atoms. The van der Waals surface area contributed by atoms with Crippen LogP contribution in [0.25, 0.3) is 0 Å². The number of amides is 3. The standard InChI is InChI=1S/C22H30N2O6/c1-4-8-16-11-12-18(19(13-16)28-3)29-14-20(25)30-15(2)21(26)24-22(27)23-17-9-6-5-7-10-17/h4,11-13,15,17H,1,5-10,14H2,2-3H3,(H2,23,24,26,27)/t15-/m1/s1. The number of nitrogens with one attached hydrogen (secondary N) is 2. The van der Waals surface area contributed by atoms with Gasteiger partial charge in [-0.2, -0.15) is 0 Å². The second-order valence-corrected chi connectivity index (χ2v) is 7.20. The number of imide groups is 1. The molecule has 30 heavy (non-hydrogen) atoms. The zero-order valence-corrected chi connectivity index (χ0v) is 17.6. The first-order chi connectivity index (χ1) is 14.4. The van der Waals surface area contributed by atoms with Crippen molar-refractivity contribution in [1.82, 2.24) is 10.6 Å². The first-order valence-electron chi connectivity index (χ1n) is 10.1. The summed E-state index contributed by atoms with van der Waals surface area (Å²) < 4.78 is 15.8. The predicted octanol–water partition coefficient (Wildman–Crippen LogP) is 2.89. The number of urea groups is 1. The molecule has 1 aliphatic carbocycles. The topological polar surface area (TPSA) is 103 Å². The number of carbonyl (C=O) groups excluding carboxylic acids is 3. The van der Waals surface area contributed by atoms with Gasteiger partial charge in [0.15, 0.2) is 24.2 Å². The van der Waals surface area contributed by atoms with Crippen LogP contribution in [0.2, 0.25) is 0 Å². The van der Waals surface area contributed by atoms with Gasteiger partial charge in [-0.15, -0.1) is 6.58 Å². The first-order valence-corrected chi connectivity index (χ1v) is 10.1. The summed E-state index contributed by atoms with van der Waals surface area (Å²) in [5, 5.41) is 4.98. The summed E-state index contributed by atoms with van der Waals surface area (Å²) in [5.41, 5.74) is 0.994. The molecule has 0 aliphatic heterocycles. The third-order valence-electron chi connectivity index (χ3n) is 4.81. The van der Waals surface area contributed by atoms with Crippen molar-refractivity contribution in [1.29, 1.82) is 0 Å². The fourth-order valence-corrected chi connectivity index (χ4v) is 3.23. The van der Waals surface area contributed by atoms with Crippen LogP contribution in [0.3, 0.4) is 0 Å². The van der Waals surface area contributed by atoms with Crippen molar-refractivity contribution in [2.24, 2.45) is 0 Å². The molecule has 2 N–H and O–H groups in total. The summed E-state index contributed by atoms with van der Waals surface area (Å²) in [6, 6.07) is 4.83. The Bertz CT molecular complexity index is 758. The fraction of sp³-hybridized carbons (Fsp3) is 0.500. The Kier molecular flexibility index (Phi) is 9.18. The Morgan fingerprint density at radius 3 is 2.60 bits per heavy atom. The van der Waals surface area contributed by atoms with Crippen molar-refractivity contribution >= 4 is 17.9 Å². The van der Waals surface area contributed by atoms with Crippen LogP contribution in [0.1, 0.15) is 44.6 Å². The van der Waals surface area contributed by atoms with E-state index in [9.17, 15) is 14.4 Å². The minimum Gasteiger partial charge on any atom is -0.493 e. The number of ether oxygens (including phenoxy) is 3. The van der Waals surface area contributed by atoms with E-state index in [0.29, 0.717) is 17.9 Å². The first kappa shape index (κ1) is 23.3. The lowest BCUT2D eigenvalue weighted by atomic mass is 9.96. The molecule has 0 spiro atoms. The van der Waals surface area contributed by atoms with E-state index in [1.54, 1.807) is 18.2 Å². The molecule has 0 unspecified atom stereocenters. The maximum Gasteiger partial charge on any atom is 0.344 e. The van der Waals surface area contributed by atoms with E-state index >= 15 is 0 Å². The van der Waals surface area contributed by atoms with Gasteiger partial charge in [0.25, 0.3) is 5.91 Å². The second kappa shape index (κ2) is 11.8. The van der Waals surface area contributed by atoms with Crippen molar-refractivity contribution in [2.75, 3.05) is 13.7 Å². The van der Waals surface area contributed by atoms with Crippen LogP contribution in [-0.2, 0) is 20.7 Å². The number of esters is 1. The van der Waals surface area contributed by atoms with Gasteiger partial charge >= 0.3 is 12.0 Å². The molecule has 8 heteroatoms. The predicted molar refractivity (Wildman–Crippen MR) is 111 cm³/mol. The van der Waals surface area contributed by atoms with E-state index in [-0.39, 0.29) is 6.04 Å². The molecule has 1 fully saturated rings. The van der Waals surface area contributed by atoms with Gasteiger partial charge in [-0.3, -0.25) is 10.1 Å². The minimum absolute atomic E-state index is 0.0747. The molecular formula is C22H30N2O6. The highest BCUT2D eigenvalue weighted by Crippen LogP contribution is 2.28. The Morgan fingerprint density at radius 1 is 1.20 bits per heavy atom. The van der Waals surface area contributed by atoms with Gasteiger partial charge < -0.3 is 19.5 Å². The van der Waals surface area contributed by atoms with E-state index in [1.165, 1.54) is 20.5 Å². The van der Waals surface area contributed by atoms with Crippen molar-refractivity contribution in [3.8, 4) is 11.5 Å². The van der Waals surface area contributed by atoms with Crippen LogP contribution < -0.4 is 20.1 Å². The number of allylic oxidation sites excluding steroid dienone is 1. The highest BCUT2D eigenvalue weighted by atomic mass is 16.6. The number of rotatable bonds is 9. The molecule has 0 aromatic heterocycles. The highest BCUT2D eigenvalue weighted by molar-refractivity contribution is 5.97. The Labute approximate surface area is 176 Å². The summed E-state index contributed by atoms with van der Waals surface area (Å²) in [6.07, 6.45) is 6.43. The zero-order valence-electron chi connectivity index (χ0n) is 17.6. The smallest absolute Gasteiger partial charge is 0.344 e. The normalized spacial score (nSPS) is 14.9. The van der Waals surface area contributed by atoms with Gasteiger partial charge in [0, 0.05) is 6.04 Å². The van der Waals surface area contributed by atoms with E-state index < -0.39 is 30.6 Å². The SMILES string of the molecule is C=CCc1ccc(OCC(=O)O[C@H](C)C(=O)NC(=O)NC2CCCCC2)c(OC)c1. The van der Waals surface area contributed by atoms with Gasteiger partial charge in [0.1, 0.15) is 0 Å². The van der Waals surface area contributed by atoms with Crippen LogP contribution in [0.15, 0.2) is 30.9 Å². The van der Waals surface area contributed by atoms with E-state index in [1.807, 2.05) is 6.07 Å². The quantitative estimate of drug-likeness (QED) is 0.472. The zero-order chi connectivity index (χ0) is 21.9. The van der Waals surface area contributed by atoms with Gasteiger partial charge in [0.2, 0.25) is 0 Å². The molecule has 0 saturated heterocycles. The lowest BCUT2D eigenvalue weighted by molar-refractivity contribution is -0.156. The summed E-state index contributed by atoms with van der Waals surface area (Å²) in [5.74, 6) is -0.566. The average molecular weight is 418 g/mol. The summed E-state index contributed by atoms with van der Waals surface area (Å²) in [7, 11) is 1.50. The molecule has 1 aromatic carbocycles. The van der Waals surface area contributed by atoms with Crippen molar-refractivity contribution in [3.05, 3.63) is 36.4 Å². The average Bonchev–Trinajstić information content (AvgIpc) is 2.73. The molecule has 1 saturated carbocycles. The summed E-state index contributed by atoms with van der Waals surface area (Å²) >= 11 is 0. The molecule has 1 atom stereocenters. The lowest BCUT2D eigenvalue weighted by Crippen LogP contribution is -2.48. The van der Waals surface area contributed by atoms with Crippen LogP contribution in [0.5, 0.6) is 11.5 Å².